The summed E-state index contributed by atoms with van der Waals surface area (Å²) in [6.45, 7) is 0.587. The van der Waals surface area contributed by atoms with Crippen LogP contribution in [-0.4, -0.2) is 53.4 Å². The molecule has 0 aromatic carbocycles. The first kappa shape index (κ1) is 11.2. The molecule has 1 aromatic rings. The van der Waals surface area contributed by atoms with Crippen molar-refractivity contribution < 1.29 is 19.1 Å². The van der Waals surface area contributed by atoms with Gasteiger partial charge >= 0.3 is 6.09 Å². The number of ether oxygens (including phenoxy) is 1. The number of hydrogen-bond donors (Lipinski definition) is 0. The van der Waals surface area contributed by atoms with Gasteiger partial charge in [0.25, 0.3) is 11.8 Å². The Bertz CT molecular complexity index is 491. The third-order valence-corrected chi connectivity index (χ3v) is 3.89. The summed E-state index contributed by atoms with van der Waals surface area (Å²) in [5, 5.41) is 1.84. The third kappa shape index (κ3) is 1.67. The van der Waals surface area contributed by atoms with Crippen LogP contribution in [0.5, 0.6) is 0 Å². The summed E-state index contributed by atoms with van der Waals surface area (Å²) in [4.78, 5) is 38.0. The van der Waals surface area contributed by atoms with Crippen molar-refractivity contribution in [3.8, 4) is 0 Å². The summed E-state index contributed by atoms with van der Waals surface area (Å²) < 4.78 is 4.64. The molecule has 3 heterocycles. The molecule has 0 N–H and O–H groups in total. The highest BCUT2D eigenvalue weighted by molar-refractivity contribution is 7.12. The Kier molecular flexibility index (Phi) is 2.55. The Hall–Kier alpha value is -1.89. The fraction of sp³-hybridized carbons (Fsp3) is 0.364. The monoisotopic (exact) mass is 266 g/mol. The molecule has 94 valence electrons. The van der Waals surface area contributed by atoms with Crippen LogP contribution in [0.3, 0.4) is 0 Å². The van der Waals surface area contributed by atoms with Crippen LogP contribution in [0.4, 0.5) is 4.79 Å². The lowest BCUT2D eigenvalue weighted by atomic mass is 10.1. The number of carbonyl (C=O) groups excluding carboxylic acids is 3. The molecule has 0 atom stereocenters. The van der Waals surface area contributed by atoms with Crippen molar-refractivity contribution in [2.24, 2.45) is 0 Å². The maximum Gasteiger partial charge on any atom is 0.417 e. The van der Waals surface area contributed by atoms with Gasteiger partial charge in [-0.3, -0.25) is 9.59 Å². The van der Waals surface area contributed by atoms with E-state index in [9.17, 15) is 14.4 Å². The van der Waals surface area contributed by atoms with Gasteiger partial charge in [-0.05, 0) is 11.4 Å². The molecule has 0 aliphatic carbocycles. The first-order chi connectivity index (χ1) is 8.66. The van der Waals surface area contributed by atoms with Crippen LogP contribution in [0.1, 0.15) is 9.67 Å². The maximum absolute atomic E-state index is 11.9. The van der Waals surface area contributed by atoms with E-state index in [1.807, 2.05) is 11.4 Å². The molecule has 0 radical (unpaired) electrons. The van der Waals surface area contributed by atoms with Crippen molar-refractivity contribution in [1.29, 1.82) is 0 Å². The van der Waals surface area contributed by atoms with Gasteiger partial charge in [-0.2, -0.15) is 0 Å². The van der Waals surface area contributed by atoms with Crippen LogP contribution in [0.15, 0.2) is 17.5 Å². The number of hydrogen-bond acceptors (Lipinski definition) is 5. The second kappa shape index (κ2) is 4.09. The van der Waals surface area contributed by atoms with Crippen molar-refractivity contribution in [3.63, 3.8) is 0 Å². The van der Waals surface area contributed by atoms with Gasteiger partial charge < -0.3 is 9.64 Å². The number of likely N-dealkylation sites (tertiary alicyclic amines) is 1. The number of nitrogens with zero attached hydrogens (tertiary/aromatic N) is 2. The molecule has 0 unspecified atom stereocenters. The molecule has 2 aliphatic rings. The first-order valence-corrected chi connectivity index (χ1v) is 6.36. The van der Waals surface area contributed by atoms with Gasteiger partial charge in [0.2, 0.25) is 0 Å². The number of imide groups is 1. The minimum absolute atomic E-state index is 0.0544. The summed E-state index contributed by atoms with van der Waals surface area (Å²) in [7, 11) is 0. The summed E-state index contributed by atoms with van der Waals surface area (Å²) in [6, 6.07) is 3.34. The smallest absolute Gasteiger partial charge is 0.417 e. The van der Waals surface area contributed by atoms with Crippen molar-refractivity contribution in [1.82, 2.24) is 9.80 Å². The lowest BCUT2D eigenvalue weighted by molar-refractivity contribution is -0.129. The average molecular weight is 266 g/mol. The van der Waals surface area contributed by atoms with Crippen LogP contribution >= 0.6 is 11.3 Å². The van der Waals surface area contributed by atoms with Gasteiger partial charge in [0.15, 0.2) is 6.61 Å². The Labute approximate surface area is 107 Å². The molecule has 2 fully saturated rings. The number of amides is 3. The molecule has 3 rings (SSSR count). The highest BCUT2D eigenvalue weighted by Gasteiger charge is 2.44. The van der Waals surface area contributed by atoms with Crippen molar-refractivity contribution in [2.75, 3.05) is 19.7 Å². The Morgan fingerprint density at radius 3 is 2.72 bits per heavy atom. The molecular weight excluding hydrogens is 256 g/mol. The van der Waals surface area contributed by atoms with Gasteiger partial charge in [0, 0.05) is 13.1 Å². The lowest BCUT2D eigenvalue weighted by Gasteiger charge is -2.41. The molecule has 2 saturated heterocycles. The number of cyclic esters (lactones) is 1. The zero-order chi connectivity index (χ0) is 12.7. The maximum atomic E-state index is 11.9. The zero-order valence-corrected chi connectivity index (χ0v) is 10.2. The van der Waals surface area contributed by atoms with E-state index < -0.39 is 6.09 Å². The van der Waals surface area contributed by atoms with Crippen molar-refractivity contribution >= 4 is 29.2 Å². The highest BCUT2D eigenvalue weighted by Crippen LogP contribution is 2.22. The Morgan fingerprint density at radius 1 is 1.39 bits per heavy atom. The summed E-state index contributed by atoms with van der Waals surface area (Å²) in [5.74, 6) is -0.380. The fourth-order valence-electron chi connectivity index (χ4n) is 2.06. The predicted molar refractivity (Wildman–Crippen MR) is 62.2 cm³/mol. The van der Waals surface area contributed by atoms with E-state index >= 15 is 0 Å². The molecule has 0 bridgehead atoms. The van der Waals surface area contributed by atoms with Gasteiger partial charge in [0.1, 0.15) is 0 Å². The normalized spacial score (nSPS) is 20.0. The topological polar surface area (TPSA) is 66.9 Å². The first-order valence-electron chi connectivity index (χ1n) is 5.48. The highest BCUT2D eigenvalue weighted by atomic mass is 32.1. The molecule has 7 heteroatoms. The number of thiophene rings is 1. The molecular formula is C11H10N2O4S. The third-order valence-electron chi connectivity index (χ3n) is 3.03. The van der Waals surface area contributed by atoms with Crippen LogP contribution in [-0.2, 0) is 9.53 Å². The van der Waals surface area contributed by atoms with E-state index in [0.717, 1.165) is 4.90 Å². The van der Waals surface area contributed by atoms with Crippen molar-refractivity contribution in [2.45, 2.75) is 6.04 Å². The van der Waals surface area contributed by atoms with Crippen LogP contribution in [0.25, 0.3) is 0 Å². The van der Waals surface area contributed by atoms with Crippen LogP contribution in [0.2, 0.25) is 0 Å². The second-order valence-corrected chi connectivity index (χ2v) is 5.11. The van der Waals surface area contributed by atoms with Crippen molar-refractivity contribution in [3.05, 3.63) is 22.4 Å². The SMILES string of the molecule is O=C(c1cccs1)N1CC(N2C(=O)COC2=O)C1. The summed E-state index contributed by atoms with van der Waals surface area (Å²) in [6.07, 6.45) is -0.603. The van der Waals surface area contributed by atoms with Gasteiger partial charge in [-0.1, -0.05) is 6.07 Å². The van der Waals surface area contributed by atoms with Crippen LogP contribution in [0, 0.1) is 0 Å². The van der Waals surface area contributed by atoms with E-state index in [-0.39, 0.29) is 24.5 Å². The summed E-state index contributed by atoms with van der Waals surface area (Å²) in [5.41, 5.74) is 0. The van der Waals surface area contributed by atoms with E-state index in [1.54, 1.807) is 11.0 Å². The largest absolute Gasteiger partial charge is 0.439 e. The molecule has 2 aliphatic heterocycles. The van der Waals surface area contributed by atoms with E-state index in [2.05, 4.69) is 4.74 Å². The molecule has 3 amide bonds. The lowest BCUT2D eigenvalue weighted by Crippen LogP contribution is -2.62. The average Bonchev–Trinajstić information content (AvgIpc) is 2.90. The molecule has 0 spiro atoms. The van der Waals surface area contributed by atoms with E-state index in [1.165, 1.54) is 11.3 Å². The van der Waals surface area contributed by atoms with Gasteiger partial charge in [-0.25, -0.2) is 9.69 Å². The van der Waals surface area contributed by atoms with Gasteiger partial charge in [0.05, 0.1) is 10.9 Å². The van der Waals surface area contributed by atoms with E-state index in [0.29, 0.717) is 18.0 Å². The van der Waals surface area contributed by atoms with E-state index in [4.69, 9.17) is 0 Å². The van der Waals surface area contributed by atoms with Crippen LogP contribution < -0.4 is 0 Å². The number of carbonyl (C=O) groups is 3. The number of rotatable bonds is 2. The van der Waals surface area contributed by atoms with Gasteiger partial charge in [-0.15, -0.1) is 11.3 Å². The second-order valence-electron chi connectivity index (χ2n) is 4.16. The molecule has 18 heavy (non-hydrogen) atoms. The predicted octanol–water partition coefficient (Wildman–Crippen LogP) is 0.551. The minimum Gasteiger partial charge on any atom is -0.439 e. The minimum atomic E-state index is -0.603. The fourth-order valence-corrected chi connectivity index (χ4v) is 2.75. The molecule has 1 aromatic heterocycles. The standard InChI is InChI=1S/C11H10N2O4S/c14-9-6-17-11(16)13(9)7-4-12(5-7)10(15)8-2-1-3-18-8/h1-3,7H,4-6H2. The Morgan fingerprint density at radius 2 is 2.17 bits per heavy atom. The summed E-state index contributed by atoms with van der Waals surface area (Å²) >= 11 is 1.38. The molecule has 0 saturated carbocycles. The molecule has 6 nitrogen and oxygen atoms in total. The Balaban J connectivity index is 1.62. The quantitative estimate of drug-likeness (QED) is 0.784. The zero-order valence-electron chi connectivity index (χ0n) is 9.37.